The molecule has 3 heterocycles. The Kier molecular flexibility index (Phi) is 3.94. The van der Waals surface area contributed by atoms with Crippen molar-refractivity contribution in [3.05, 3.63) is 42.2 Å². The highest BCUT2D eigenvalue weighted by Crippen LogP contribution is 2.26. The third-order valence-electron chi connectivity index (χ3n) is 3.99. The van der Waals surface area contributed by atoms with E-state index in [0.717, 1.165) is 38.2 Å². The van der Waals surface area contributed by atoms with Crippen LogP contribution < -0.4 is 0 Å². The predicted octanol–water partition coefficient (Wildman–Crippen LogP) is 1.71. The van der Waals surface area contributed by atoms with Gasteiger partial charge in [0, 0.05) is 50.3 Å². The number of rotatable bonds is 3. The van der Waals surface area contributed by atoms with Gasteiger partial charge in [-0.3, -0.25) is 19.4 Å². The van der Waals surface area contributed by atoms with E-state index in [-0.39, 0.29) is 5.91 Å². The zero-order chi connectivity index (χ0) is 14.7. The summed E-state index contributed by atoms with van der Waals surface area (Å²) >= 11 is 0. The number of aromatic nitrogens is 4. The number of piperidine rings is 1. The normalized spacial score (nSPS) is 16.1. The van der Waals surface area contributed by atoms with Crippen LogP contribution in [-0.4, -0.2) is 43.6 Å². The van der Waals surface area contributed by atoms with E-state index in [1.807, 2.05) is 24.2 Å². The molecule has 1 aliphatic rings. The fourth-order valence-electron chi connectivity index (χ4n) is 2.73. The van der Waals surface area contributed by atoms with Crippen LogP contribution in [0.5, 0.6) is 0 Å². The summed E-state index contributed by atoms with van der Waals surface area (Å²) in [5.41, 5.74) is 1.71. The molecule has 110 valence electrons. The summed E-state index contributed by atoms with van der Waals surface area (Å²) in [7, 11) is 0. The van der Waals surface area contributed by atoms with Crippen molar-refractivity contribution in [2.75, 3.05) is 13.1 Å². The monoisotopic (exact) mass is 285 g/mol. The molecule has 3 rings (SSSR count). The van der Waals surface area contributed by atoms with Crippen molar-refractivity contribution in [2.45, 2.75) is 32.2 Å². The van der Waals surface area contributed by atoms with Crippen molar-refractivity contribution in [1.29, 1.82) is 0 Å². The molecular formula is C15H19N5O. The second-order valence-corrected chi connectivity index (χ2v) is 5.28. The quantitative estimate of drug-likeness (QED) is 0.861. The van der Waals surface area contributed by atoms with Gasteiger partial charge < -0.3 is 4.90 Å². The molecule has 0 aliphatic carbocycles. The van der Waals surface area contributed by atoms with Gasteiger partial charge in [-0.2, -0.15) is 5.10 Å². The number of carbonyl (C=O) groups excluding carboxylic acids is 1. The number of hydrogen-bond donors (Lipinski definition) is 0. The van der Waals surface area contributed by atoms with Crippen molar-refractivity contribution < 1.29 is 4.79 Å². The molecule has 0 aromatic carbocycles. The van der Waals surface area contributed by atoms with E-state index in [1.54, 1.807) is 23.3 Å². The predicted molar refractivity (Wildman–Crippen MR) is 77.8 cm³/mol. The third-order valence-corrected chi connectivity index (χ3v) is 3.99. The first kappa shape index (κ1) is 13.7. The average Bonchev–Trinajstić information content (AvgIpc) is 3.04. The van der Waals surface area contributed by atoms with E-state index in [1.165, 1.54) is 0 Å². The molecule has 1 fully saturated rings. The zero-order valence-corrected chi connectivity index (χ0v) is 12.1. The van der Waals surface area contributed by atoms with Crippen LogP contribution in [0.15, 0.2) is 31.0 Å². The minimum absolute atomic E-state index is 0.0762. The van der Waals surface area contributed by atoms with Crippen LogP contribution in [0.25, 0.3) is 0 Å². The highest BCUT2D eigenvalue weighted by molar-refractivity contribution is 5.93. The smallest absolute Gasteiger partial charge is 0.257 e. The van der Waals surface area contributed by atoms with Crippen molar-refractivity contribution in [3.8, 4) is 0 Å². The first-order valence-electron chi connectivity index (χ1n) is 7.35. The molecule has 1 saturated heterocycles. The Hall–Kier alpha value is -2.24. The molecule has 0 spiro atoms. The van der Waals surface area contributed by atoms with Crippen molar-refractivity contribution in [3.63, 3.8) is 0 Å². The largest absolute Gasteiger partial charge is 0.339 e. The molecule has 6 nitrogen and oxygen atoms in total. The van der Waals surface area contributed by atoms with Gasteiger partial charge in [0.25, 0.3) is 5.91 Å². The number of amides is 1. The first-order chi connectivity index (χ1) is 10.3. The fourth-order valence-corrected chi connectivity index (χ4v) is 2.73. The Labute approximate surface area is 123 Å². The topological polar surface area (TPSA) is 63.9 Å². The molecule has 1 amide bonds. The number of carbonyl (C=O) groups is 1. The lowest BCUT2D eigenvalue weighted by atomic mass is 9.93. The highest BCUT2D eigenvalue weighted by Gasteiger charge is 2.25. The van der Waals surface area contributed by atoms with E-state index >= 15 is 0 Å². The lowest BCUT2D eigenvalue weighted by Gasteiger charge is -2.31. The minimum Gasteiger partial charge on any atom is -0.339 e. The van der Waals surface area contributed by atoms with Crippen LogP contribution in [-0.2, 0) is 6.54 Å². The Morgan fingerprint density at radius 1 is 1.29 bits per heavy atom. The number of likely N-dealkylation sites (tertiary alicyclic amines) is 1. The number of hydrogen-bond acceptors (Lipinski definition) is 4. The molecule has 0 N–H and O–H groups in total. The Morgan fingerprint density at radius 3 is 2.71 bits per heavy atom. The van der Waals surface area contributed by atoms with E-state index in [2.05, 4.69) is 15.1 Å². The van der Waals surface area contributed by atoms with E-state index in [9.17, 15) is 4.79 Å². The first-order valence-corrected chi connectivity index (χ1v) is 7.35. The van der Waals surface area contributed by atoms with Crippen molar-refractivity contribution >= 4 is 5.91 Å². The lowest BCUT2D eigenvalue weighted by Crippen LogP contribution is -2.38. The lowest BCUT2D eigenvalue weighted by molar-refractivity contribution is 0.0712. The molecule has 2 aromatic rings. The molecule has 0 atom stereocenters. The molecule has 1 aliphatic heterocycles. The summed E-state index contributed by atoms with van der Waals surface area (Å²) in [5.74, 6) is 0.480. The van der Waals surface area contributed by atoms with Crippen molar-refractivity contribution in [1.82, 2.24) is 24.6 Å². The minimum atomic E-state index is 0.0762. The van der Waals surface area contributed by atoms with Gasteiger partial charge in [0.2, 0.25) is 0 Å². The Bertz CT molecular complexity index is 602. The van der Waals surface area contributed by atoms with Crippen LogP contribution in [0, 0.1) is 0 Å². The molecule has 2 aromatic heterocycles. The summed E-state index contributed by atoms with van der Waals surface area (Å²) < 4.78 is 1.78. The number of aryl methyl sites for hydroxylation is 1. The van der Waals surface area contributed by atoms with E-state index in [4.69, 9.17) is 0 Å². The fraction of sp³-hybridized carbons (Fsp3) is 0.467. The molecular weight excluding hydrogens is 266 g/mol. The van der Waals surface area contributed by atoms with Gasteiger partial charge in [0.05, 0.1) is 17.5 Å². The summed E-state index contributed by atoms with van der Waals surface area (Å²) in [6.45, 7) is 4.31. The van der Waals surface area contributed by atoms with Gasteiger partial charge in [-0.05, 0) is 19.8 Å². The molecule has 0 unspecified atom stereocenters. The SMILES string of the molecule is CCn1cc(C(=O)N2CCC(c3cnccn3)CC2)cn1. The van der Waals surface area contributed by atoms with Crippen LogP contribution >= 0.6 is 0 Å². The van der Waals surface area contributed by atoms with Gasteiger partial charge in [0.1, 0.15) is 0 Å². The zero-order valence-electron chi connectivity index (χ0n) is 12.1. The summed E-state index contributed by atoms with van der Waals surface area (Å²) in [4.78, 5) is 22.8. The molecule has 21 heavy (non-hydrogen) atoms. The second kappa shape index (κ2) is 6.03. The maximum absolute atomic E-state index is 12.4. The number of nitrogens with zero attached hydrogens (tertiary/aromatic N) is 5. The highest BCUT2D eigenvalue weighted by atomic mass is 16.2. The van der Waals surface area contributed by atoms with Crippen LogP contribution in [0.1, 0.15) is 41.7 Å². The maximum Gasteiger partial charge on any atom is 0.257 e. The molecule has 0 bridgehead atoms. The summed E-state index contributed by atoms with van der Waals surface area (Å²) in [6, 6.07) is 0. The summed E-state index contributed by atoms with van der Waals surface area (Å²) in [6.07, 6.45) is 10.6. The van der Waals surface area contributed by atoms with Crippen LogP contribution in [0.2, 0.25) is 0 Å². The van der Waals surface area contributed by atoms with Gasteiger partial charge in [-0.1, -0.05) is 0 Å². The average molecular weight is 285 g/mol. The van der Waals surface area contributed by atoms with Crippen LogP contribution in [0.4, 0.5) is 0 Å². The van der Waals surface area contributed by atoms with E-state index in [0.29, 0.717) is 11.5 Å². The van der Waals surface area contributed by atoms with Crippen LogP contribution in [0.3, 0.4) is 0 Å². The Balaban J connectivity index is 1.61. The van der Waals surface area contributed by atoms with Crippen molar-refractivity contribution in [2.24, 2.45) is 0 Å². The molecule has 0 saturated carbocycles. The van der Waals surface area contributed by atoms with Gasteiger partial charge in [-0.25, -0.2) is 0 Å². The van der Waals surface area contributed by atoms with Gasteiger partial charge in [0.15, 0.2) is 0 Å². The third kappa shape index (κ3) is 2.94. The van der Waals surface area contributed by atoms with E-state index < -0.39 is 0 Å². The Morgan fingerprint density at radius 2 is 2.10 bits per heavy atom. The summed E-state index contributed by atoms with van der Waals surface area (Å²) in [5, 5.41) is 4.16. The molecule has 6 heteroatoms. The second-order valence-electron chi connectivity index (χ2n) is 5.28. The van der Waals surface area contributed by atoms with Gasteiger partial charge in [-0.15, -0.1) is 0 Å². The molecule has 0 radical (unpaired) electrons. The van der Waals surface area contributed by atoms with Gasteiger partial charge >= 0.3 is 0 Å². The standard InChI is InChI=1S/C15H19N5O/c1-2-20-11-13(9-18-20)15(21)19-7-3-12(4-8-19)14-10-16-5-6-17-14/h5-6,9-12H,2-4,7-8H2,1H3. The maximum atomic E-state index is 12.4.